The summed E-state index contributed by atoms with van der Waals surface area (Å²) >= 11 is 7.27. The van der Waals surface area contributed by atoms with E-state index in [4.69, 9.17) is 11.5 Å². The summed E-state index contributed by atoms with van der Waals surface area (Å²) in [4.78, 5) is 0. The number of hydrogen-bond donors (Lipinski definition) is 4. The molecule has 0 saturated heterocycles. The maximum Gasteiger partial charge on any atom is 0.138 e. The second-order valence-electron chi connectivity index (χ2n) is 7.68. The predicted octanol–water partition coefficient (Wildman–Crippen LogP) is 6.15. The van der Waals surface area contributed by atoms with Gasteiger partial charge in [0.25, 0.3) is 0 Å². The number of hydrogen-bond acceptors (Lipinski definition) is 4. The zero-order valence-electron chi connectivity index (χ0n) is 16.2. The number of nitrogen functional groups attached to an aromatic ring is 2. The van der Waals surface area contributed by atoms with Crippen LogP contribution in [0.25, 0.3) is 11.1 Å². The number of rotatable bonds is 2. The molecule has 0 saturated carbocycles. The Morgan fingerprint density at radius 2 is 1.00 bits per heavy atom. The van der Waals surface area contributed by atoms with Crippen LogP contribution in [0.3, 0.4) is 0 Å². The molecule has 0 atom stereocenters. The molecule has 154 valence electrons. The standard InChI is InChI=1S/C25H18Br2N2O2/c26-15-3-5-17-18-6-4-16(27)12-20(18)25(19(17)11-15,13-1-7-23(30)21(28)9-13)14-2-8-24(31)22(29)10-14/h1-12,30-31H,28-29H2. The molecule has 0 unspecified atom stereocenters. The summed E-state index contributed by atoms with van der Waals surface area (Å²) in [6.45, 7) is 0. The Hall–Kier alpha value is -2.96. The first kappa shape index (κ1) is 20.0. The first-order valence-electron chi connectivity index (χ1n) is 9.60. The summed E-state index contributed by atoms with van der Waals surface area (Å²) in [6, 6.07) is 23.1. The summed E-state index contributed by atoms with van der Waals surface area (Å²) in [7, 11) is 0. The molecule has 1 aliphatic carbocycles. The number of phenolic OH excluding ortho intramolecular Hbond substituents is 2. The first-order chi connectivity index (χ1) is 14.8. The van der Waals surface area contributed by atoms with Crippen LogP contribution < -0.4 is 11.5 Å². The Morgan fingerprint density at radius 1 is 0.581 bits per heavy atom. The number of halogens is 2. The molecule has 6 N–H and O–H groups in total. The van der Waals surface area contributed by atoms with Gasteiger partial charge in [-0.2, -0.15) is 0 Å². The summed E-state index contributed by atoms with van der Waals surface area (Å²) in [5.74, 6) is 0.0668. The minimum Gasteiger partial charge on any atom is -0.506 e. The minimum absolute atomic E-state index is 0.0334. The number of aromatic hydroxyl groups is 2. The lowest BCUT2D eigenvalue weighted by atomic mass is 9.67. The van der Waals surface area contributed by atoms with Crippen molar-refractivity contribution in [3.05, 3.63) is 104 Å². The third-order valence-electron chi connectivity index (χ3n) is 5.98. The maximum atomic E-state index is 10.1. The van der Waals surface area contributed by atoms with Crippen molar-refractivity contribution >= 4 is 43.2 Å². The van der Waals surface area contributed by atoms with Crippen LogP contribution in [0.2, 0.25) is 0 Å². The van der Waals surface area contributed by atoms with Crippen molar-refractivity contribution in [3.63, 3.8) is 0 Å². The van der Waals surface area contributed by atoms with Crippen molar-refractivity contribution in [1.29, 1.82) is 0 Å². The molecule has 31 heavy (non-hydrogen) atoms. The van der Waals surface area contributed by atoms with Gasteiger partial charge in [-0.05, 0) is 81.9 Å². The van der Waals surface area contributed by atoms with E-state index in [-0.39, 0.29) is 11.5 Å². The normalized spacial score (nSPS) is 13.6. The fourth-order valence-corrected chi connectivity index (χ4v) is 5.35. The summed E-state index contributed by atoms with van der Waals surface area (Å²) < 4.78 is 1.89. The van der Waals surface area contributed by atoms with Crippen LogP contribution in [-0.2, 0) is 5.41 Å². The lowest BCUT2D eigenvalue weighted by Gasteiger charge is -2.34. The number of fused-ring (bicyclic) bond motifs is 3. The van der Waals surface area contributed by atoms with Crippen LogP contribution in [0.4, 0.5) is 11.4 Å². The fourth-order valence-electron chi connectivity index (χ4n) is 4.63. The van der Waals surface area contributed by atoms with E-state index in [1.54, 1.807) is 24.3 Å². The molecule has 4 nitrogen and oxygen atoms in total. The molecule has 5 rings (SSSR count). The van der Waals surface area contributed by atoms with E-state index in [0.717, 1.165) is 42.3 Å². The van der Waals surface area contributed by atoms with Gasteiger partial charge in [-0.15, -0.1) is 0 Å². The molecule has 0 aromatic heterocycles. The topological polar surface area (TPSA) is 92.5 Å². The van der Waals surface area contributed by atoms with Crippen molar-refractivity contribution in [2.45, 2.75) is 5.41 Å². The van der Waals surface area contributed by atoms with Gasteiger partial charge in [0.2, 0.25) is 0 Å². The zero-order valence-corrected chi connectivity index (χ0v) is 19.4. The van der Waals surface area contributed by atoms with E-state index in [1.165, 1.54) is 0 Å². The Morgan fingerprint density at radius 3 is 1.39 bits per heavy atom. The Balaban J connectivity index is 2.00. The molecule has 0 bridgehead atoms. The lowest BCUT2D eigenvalue weighted by Crippen LogP contribution is -2.29. The first-order valence-corrected chi connectivity index (χ1v) is 11.2. The smallest absolute Gasteiger partial charge is 0.138 e. The average molecular weight is 538 g/mol. The van der Waals surface area contributed by atoms with Crippen molar-refractivity contribution < 1.29 is 10.2 Å². The Kier molecular flexibility index (Phi) is 4.53. The zero-order chi connectivity index (χ0) is 21.9. The molecule has 0 radical (unpaired) electrons. The van der Waals surface area contributed by atoms with Crippen LogP contribution in [0.1, 0.15) is 22.3 Å². The van der Waals surface area contributed by atoms with Crippen LogP contribution in [-0.4, -0.2) is 10.2 Å². The van der Waals surface area contributed by atoms with Crippen LogP contribution in [0.5, 0.6) is 11.5 Å². The van der Waals surface area contributed by atoms with Crippen molar-refractivity contribution in [1.82, 2.24) is 0 Å². The highest BCUT2D eigenvalue weighted by molar-refractivity contribution is 9.10. The number of phenols is 2. The molecule has 1 aliphatic rings. The van der Waals surface area contributed by atoms with Gasteiger partial charge in [0.15, 0.2) is 0 Å². The number of benzene rings is 4. The average Bonchev–Trinajstić information content (AvgIpc) is 3.01. The monoisotopic (exact) mass is 536 g/mol. The largest absolute Gasteiger partial charge is 0.506 e. The van der Waals surface area contributed by atoms with Gasteiger partial charge in [-0.25, -0.2) is 0 Å². The molecule has 6 heteroatoms. The Bertz CT molecular complexity index is 1260. The highest BCUT2D eigenvalue weighted by Gasteiger charge is 2.46. The third-order valence-corrected chi connectivity index (χ3v) is 6.97. The second-order valence-corrected chi connectivity index (χ2v) is 9.51. The molecule has 0 aliphatic heterocycles. The number of anilines is 2. The van der Waals surface area contributed by atoms with Crippen LogP contribution >= 0.6 is 31.9 Å². The predicted molar refractivity (Wildman–Crippen MR) is 131 cm³/mol. The fraction of sp³-hybridized carbons (Fsp3) is 0.0400. The quantitative estimate of drug-likeness (QED) is 0.160. The van der Waals surface area contributed by atoms with Crippen LogP contribution in [0, 0.1) is 0 Å². The highest BCUT2D eigenvalue weighted by atomic mass is 79.9. The highest BCUT2D eigenvalue weighted by Crippen LogP contribution is 2.57. The van der Waals surface area contributed by atoms with Crippen LogP contribution in [0.15, 0.2) is 81.7 Å². The lowest BCUT2D eigenvalue weighted by molar-refractivity contribution is 0.477. The van der Waals surface area contributed by atoms with Gasteiger partial charge in [0.05, 0.1) is 16.8 Å². The van der Waals surface area contributed by atoms with E-state index in [1.807, 2.05) is 24.3 Å². The summed E-state index contributed by atoms with van der Waals surface area (Å²) in [6.07, 6.45) is 0. The summed E-state index contributed by atoms with van der Waals surface area (Å²) in [5, 5.41) is 20.2. The van der Waals surface area contributed by atoms with Crippen molar-refractivity contribution in [3.8, 4) is 22.6 Å². The molecular weight excluding hydrogens is 520 g/mol. The SMILES string of the molecule is Nc1cc(C2(c3ccc(O)c(N)c3)c3cc(Br)ccc3-c3ccc(Br)cc32)ccc1O. The van der Waals surface area contributed by atoms with Gasteiger partial charge < -0.3 is 21.7 Å². The molecule has 0 heterocycles. The van der Waals surface area contributed by atoms with Gasteiger partial charge in [-0.1, -0.05) is 56.1 Å². The van der Waals surface area contributed by atoms with E-state index in [2.05, 4.69) is 56.1 Å². The molecule has 0 spiro atoms. The third kappa shape index (κ3) is 2.86. The molecule has 4 aromatic rings. The van der Waals surface area contributed by atoms with Gasteiger partial charge >= 0.3 is 0 Å². The second kappa shape index (κ2) is 7.04. The van der Waals surface area contributed by atoms with Gasteiger partial charge in [0, 0.05) is 8.95 Å². The van der Waals surface area contributed by atoms with E-state index < -0.39 is 5.41 Å². The Labute approximate surface area is 196 Å². The van der Waals surface area contributed by atoms with E-state index >= 15 is 0 Å². The molecule has 0 fully saturated rings. The summed E-state index contributed by atoms with van der Waals surface area (Å²) in [5.41, 5.74) is 18.2. The molecule has 0 amide bonds. The maximum absolute atomic E-state index is 10.1. The minimum atomic E-state index is -0.748. The van der Waals surface area contributed by atoms with Gasteiger partial charge in [-0.3, -0.25) is 0 Å². The molecule has 4 aromatic carbocycles. The van der Waals surface area contributed by atoms with Gasteiger partial charge in [0.1, 0.15) is 11.5 Å². The van der Waals surface area contributed by atoms with E-state index in [9.17, 15) is 10.2 Å². The molecular formula is C25H18Br2N2O2. The van der Waals surface area contributed by atoms with Crippen molar-refractivity contribution in [2.24, 2.45) is 0 Å². The number of nitrogens with two attached hydrogens (primary N) is 2. The van der Waals surface area contributed by atoms with E-state index in [0.29, 0.717) is 11.4 Å². The van der Waals surface area contributed by atoms with Crippen molar-refractivity contribution in [2.75, 3.05) is 11.5 Å².